The van der Waals surface area contributed by atoms with Crippen molar-refractivity contribution in [1.82, 2.24) is 9.55 Å². The van der Waals surface area contributed by atoms with Gasteiger partial charge in [-0.2, -0.15) is 0 Å². The SMILES string of the molecule is Cn1ccc2c(Cl)ccnc21. The van der Waals surface area contributed by atoms with Crippen molar-refractivity contribution in [3.05, 3.63) is 29.5 Å². The molecule has 0 amide bonds. The Morgan fingerprint density at radius 1 is 1.45 bits per heavy atom. The van der Waals surface area contributed by atoms with Gasteiger partial charge in [0, 0.05) is 24.8 Å². The number of nitrogens with zero attached hydrogens (tertiary/aromatic N) is 2. The summed E-state index contributed by atoms with van der Waals surface area (Å²) in [6, 6.07) is 3.76. The molecule has 2 heterocycles. The van der Waals surface area contributed by atoms with Gasteiger partial charge in [0.25, 0.3) is 0 Å². The smallest absolute Gasteiger partial charge is 0.141 e. The molecule has 0 fully saturated rings. The molecule has 0 atom stereocenters. The molecule has 3 heteroatoms. The Morgan fingerprint density at radius 2 is 2.27 bits per heavy atom. The molecule has 2 rings (SSSR count). The van der Waals surface area contributed by atoms with Gasteiger partial charge in [0.15, 0.2) is 0 Å². The molecule has 0 aliphatic carbocycles. The second kappa shape index (κ2) is 2.24. The Labute approximate surface area is 69.4 Å². The lowest BCUT2D eigenvalue weighted by molar-refractivity contribution is 0.948. The van der Waals surface area contributed by atoms with Gasteiger partial charge in [0.2, 0.25) is 0 Å². The summed E-state index contributed by atoms with van der Waals surface area (Å²) >= 11 is 5.92. The van der Waals surface area contributed by atoms with E-state index in [1.165, 1.54) is 0 Å². The normalized spacial score (nSPS) is 10.7. The molecule has 0 unspecified atom stereocenters. The van der Waals surface area contributed by atoms with Gasteiger partial charge in [0.1, 0.15) is 5.65 Å². The fourth-order valence-electron chi connectivity index (χ4n) is 1.13. The van der Waals surface area contributed by atoms with Gasteiger partial charge in [-0.15, -0.1) is 0 Å². The maximum Gasteiger partial charge on any atom is 0.141 e. The molecule has 0 saturated carbocycles. The highest BCUT2D eigenvalue weighted by atomic mass is 35.5. The summed E-state index contributed by atoms with van der Waals surface area (Å²) in [5.41, 5.74) is 0.928. The summed E-state index contributed by atoms with van der Waals surface area (Å²) in [4.78, 5) is 4.18. The number of fused-ring (bicyclic) bond motifs is 1. The van der Waals surface area contributed by atoms with Crippen molar-refractivity contribution in [1.29, 1.82) is 0 Å². The molecular formula is C8H7ClN2. The maximum atomic E-state index is 5.92. The molecule has 0 aliphatic heterocycles. The average Bonchev–Trinajstić information content (AvgIpc) is 2.35. The Bertz CT molecular complexity index is 392. The molecule has 0 radical (unpaired) electrons. The molecule has 2 nitrogen and oxygen atoms in total. The molecule has 2 aromatic rings. The first-order valence-corrected chi connectivity index (χ1v) is 3.72. The predicted molar refractivity (Wildman–Crippen MR) is 45.7 cm³/mol. The van der Waals surface area contributed by atoms with E-state index >= 15 is 0 Å². The number of aryl methyl sites for hydroxylation is 1. The summed E-state index contributed by atoms with van der Waals surface area (Å²) in [6.45, 7) is 0. The van der Waals surface area contributed by atoms with E-state index in [0.29, 0.717) is 0 Å². The minimum atomic E-state index is 0.760. The quantitative estimate of drug-likeness (QED) is 0.587. The number of aromatic nitrogens is 2. The van der Waals surface area contributed by atoms with E-state index in [1.807, 2.05) is 23.9 Å². The van der Waals surface area contributed by atoms with Gasteiger partial charge in [-0.25, -0.2) is 4.98 Å². The Kier molecular flexibility index (Phi) is 1.36. The summed E-state index contributed by atoms with van der Waals surface area (Å²) < 4.78 is 1.95. The van der Waals surface area contributed by atoms with Crippen LogP contribution < -0.4 is 0 Å². The molecule has 0 aliphatic rings. The van der Waals surface area contributed by atoms with Crippen LogP contribution in [-0.4, -0.2) is 9.55 Å². The molecule has 0 spiro atoms. The summed E-state index contributed by atoms with van der Waals surface area (Å²) in [5.74, 6) is 0. The van der Waals surface area contributed by atoms with Crippen LogP contribution in [0.3, 0.4) is 0 Å². The number of rotatable bonds is 0. The van der Waals surface area contributed by atoms with Crippen LogP contribution in [0.25, 0.3) is 11.0 Å². The zero-order valence-corrected chi connectivity index (χ0v) is 6.84. The van der Waals surface area contributed by atoms with Crippen LogP contribution in [0.2, 0.25) is 5.02 Å². The highest BCUT2D eigenvalue weighted by Crippen LogP contribution is 2.20. The van der Waals surface area contributed by atoms with E-state index in [0.717, 1.165) is 16.1 Å². The Morgan fingerprint density at radius 3 is 3.00 bits per heavy atom. The predicted octanol–water partition coefficient (Wildman–Crippen LogP) is 2.23. The van der Waals surface area contributed by atoms with Gasteiger partial charge in [-0.1, -0.05) is 11.6 Å². The second-order valence-electron chi connectivity index (χ2n) is 2.46. The Balaban J connectivity index is 2.94. The van der Waals surface area contributed by atoms with Crippen LogP contribution in [-0.2, 0) is 7.05 Å². The number of hydrogen-bond donors (Lipinski definition) is 0. The molecule has 11 heavy (non-hydrogen) atoms. The minimum absolute atomic E-state index is 0.760. The maximum absolute atomic E-state index is 5.92. The molecule has 0 bridgehead atoms. The fraction of sp³-hybridized carbons (Fsp3) is 0.125. The fourth-order valence-corrected chi connectivity index (χ4v) is 1.34. The summed E-state index contributed by atoms with van der Waals surface area (Å²) in [5, 5.41) is 1.77. The van der Waals surface area contributed by atoms with Crippen LogP contribution in [0, 0.1) is 0 Å². The highest BCUT2D eigenvalue weighted by Gasteiger charge is 2.00. The molecule has 0 aromatic carbocycles. The van der Waals surface area contributed by atoms with Gasteiger partial charge in [-0.3, -0.25) is 0 Å². The van der Waals surface area contributed by atoms with E-state index in [1.54, 1.807) is 12.3 Å². The number of halogens is 1. The topological polar surface area (TPSA) is 17.8 Å². The van der Waals surface area contributed by atoms with Gasteiger partial charge in [0.05, 0.1) is 5.02 Å². The standard InChI is InChI=1S/C8H7ClN2/c1-11-5-3-6-7(9)2-4-10-8(6)11/h2-5H,1H3. The largest absolute Gasteiger partial charge is 0.336 e. The van der Waals surface area contributed by atoms with E-state index in [9.17, 15) is 0 Å². The van der Waals surface area contributed by atoms with E-state index in [-0.39, 0.29) is 0 Å². The lowest BCUT2D eigenvalue weighted by Gasteiger charge is -1.94. The first-order chi connectivity index (χ1) is 5.29. The van der Waals surface area contributed by atoms with Crippen molar-refractivity contribution in [2.45, 2.75) is 0 Å². The van der Waals surface area contributed by atoms with Crippen molar-refractivity contribution >= 4 is 22.6 Å². The van der Waals surface area contributed by atoms with Crippen molar-refractivity contribution in [3.63, 3.8) is 0 Å². The van der Waals surface area contributed by atoms with Crippen LogP contribution >= 0.6 is 11.6 Å². The third-order valence-electron chi connectivity index (χ3n) is 1.71. The van der Waals surface area contributed by atoms with Crippen LogP contribution in [0.1, 0.15) is 0 Å². The third-order valence-corrected chi connectivity index (χ3v) is 2.04. The monoisotopic (exact) mass is 166 g/mol. The highest BCUT2D eigenvalue weighted by molar-refractivity contribution is 6.35. The lowest BCUT2D eigenvalue weighted by Crippen LogP contribution is -1.86. The van der Waals surface area contributed by atoms with E-state index in [4.69, 9.17) is 11.6 Å². The zero-order chi connectivity index (χ0) is 7.84. The van der Waals surface area contributed by atoms with Gasteiger partial charge < -0.3 is 4.57 Å². The second-order valence-corrected chi connectivity index (χ2v) is 2.86. The Hall–Kier alpha value is -1.02. The molecule has 0 saturated heterocycles. The van der Waals surface area contributed by atoms with Gasteiger partial charge in [-0.05, 0) is 12.1 Å². The van der Waals surface area contributed by atoms with Crippen molar-refractivity contribution in [2.75, 3.05) is 0 Å². The summed E-state index contributed by atoms with van der Waals surface area (Å²) in [6.07, 6.45) is 3.66. The van der Waals surface area contributed by atoms with Crippen molar-refractivity contribution in [2.24, 2.45) is 7.05 Å². The zero-order valence-electron chi connectivity index (χ0n) is 6.08. The average molecular weight is 167 g/mol. The van der Waals surface area contributed by atoms with Crippen LogP contribution in [0.4, 0.5) is 0 Å². The lowest BCUT2D eigenvalue weighted by atomic mass is 10.3. The minimum Gasteiger partial charge on any atom is -0.336 e. The molecule has 2 aromatic heterocycles. The number of pyridine rings is 1. The first-order valence-electron chi connectivity index (χ1n) is 3.34. The van der Waals surface area contributed by atoms with Crippen LogP contribution in [0.5, 0.6) is 0 Å². The van der Waals surface area contributed by atoms with Crippen molar-refractivity contribution in [3.8, 4) is 0 Å². The number of hydrogen-bond acceptors (Lipinski definition) is 1. The van der Waals surface area contributed by atoms with E-state index < -0.39 is 0 Å². The van der Waals surface area contributed by atoms with Gasteiger partial charge >= 0.3 is 0 Å². The molecule has 0 N–H and O–H groups in total. The molecular weight excluding hydrogens is 160 g/mol. The first kappa shape index (κ1) is 6.68. The van der Waals surface area contributed by atoms with Crippen LogP contribution in [0.15, 0.2) is 24.5 Å². The summed E-state index contributed by atoms with van der Waals surface area (Å²) in [7, 11) is 1.95. The third kappa shape index (κ3) is 0.906. The van der Waals surface area contributed by atoms with Crippen molar-refractivity contribution < 1.29 is 0 Å². The molecule has 56 valence electrons. The van der Waals surface area contributed by atoms with E-state index in [2.05, 4.69) is 4.98 Å².